The van der Waals surface area contributed by atoms with Gasteiger partial charge in [-0.2, -0.15) is 14.9 Å². The van der Waals surface area contributed by atoms with Gasteiger partial charge in [0.15, 0.2) is 5.84 Å². The Morgan fingerprint density at radius 2 is 1.71 bits per heavy atom. The van der Waals surface area contributed by atoms with Crippen molar-refractivity contribution in [1.82, 2.24) is 15.2 Å². The molecule has 4 rings (SSSR count). The van der Waals surface area contributed by atoms with Gasteiger partial charge in [-0.25, -0.2) is 13.8 Å². The molecule has 2 N–H and O–H groups in total. The topological polar surface area (TPSA) is 105 Å². The Labute approximate surface area is 181 Å². The standard InChI is InChI=1S/C22H25N5O3S/c1-14-13-19(26-31(29,30)16-11-9-15(10-12-16)22(2,3)4)27(25-14)20-17-7-5-6-8-18(17)21(28)24-23-20/h5-13,17-18,26H,1-4H3,(H,24,28). The third kappa shape index (κ3) is 4.05. The van der Waals surface area contributed by atoms with E-state index in [-0.39, 0.29) is 28.0 Å². The molecule has 1 amide bonds. The molecular formula is C22H25N5O3S. The highest BCUT2D eigenvalue weighted by Crippen LogP contribution is 2.28. The second-order valence-electron chi connectivity index (χ2n) is 8.73. The van der Waals surface area contributed by atoms with Crippen LogP contribution in [0.15, 0.2) is 64.6 Å². The van der Waals surface area contributed by atoms with Crippen molar-refractivity contribution in [2.24, 2.45) is 16.9 Å². The Morgan fingerprint density at radius 1 is 1.06 bits per heavy atom. The number of nitrogens with one attached hydrogen (secondary N) is 2. The van der Waals surface area contributed by atoms with E-state index in [0.29, 0.717) is 11.5 Å². The number of hydrogen-bond acceptors (Lipinski definition) is 5. The molecule has 162 valence electrons. The number of anilines is 1. The lowest BCUT2D eigenvalue weighted by Crippen LogP contribution is -2.44. The molecule has 1 aliphatic carbocycles. The lowest BCUT2D eigenvalue weighted by atomic mass is 9.86. The highest BCUT2D eigenvalue weighted by Gasteiger charge is 2.36. The van der Waals surface area contributed by atoms with Gasteiger partial charge in [0, 0.05) is 6.07 Å². The summed E-state index contributed by atoms with van der Waals surface area (Å²) < 4.78 is 30.2. The van der Waals surface area contributed by atoms with Gasteiger partial charge in [-0.05, 0) is 30.0 Å². The molecule has 0 radical (unpaired) electrons. The Bertz CT molecular complexity index is 1210. The van der Waals surface area contributed by atoms with Crippen molar-refractivity contribution in [2.75, 3.05) is 4.72 Å². The van der Waals surface area contributed by atoms with Crippen molar-refractivity contribution >= 4 is 27.6 Å². The van der Waals surface area contributed by atoms with Gasteiger partial charge in [0.1, 0.15) is 5.82 Å². The first-order chi connectivity index (χ1) is 14.6. The zero-order valence-corrected chi connectivity index (χ0v) is 18.6. The fourth-order valence-electron chi connectivity index (χ4n) is 3.63. The molecular weight excluding hydrogens is 414 g/mol. The van der Waals surface area contributed by atoms with Gasteiger partial charge in [0.05, 0.1) is 22.4 Å². The van der Waals surface area contributed by atoms with Gasteiger partial charge < -0.3 is 0 Å². The van der Waals surface area contributed by atoms with E-state index in [1.54, 1.807) is 31.2 Å². The summed E-state index contributed by atoms with van der Waals surface area (Å²) in [6, 6.07) is 8.47. The molecule has 0 saturated heterocycles. The van der Waals surface area contributed by atoms with Crippen LogP contribution in [-0.2, 0) is 20.2 Å². The van der Waals surface area contributed by atoms with Crippen molar-refractivity contribution < 1.29 is 13.2 Å². The zero-order valence-electron chi connectivity index (χ0n) is 17.8. The monoisotopic (exact) mass is 439 g/mol. The van der Waals surface area contributed by atoms with Crippen molar-refractivity contribution in [2.45, 2.75) is 38.0 Å². The summed E-state index contributed by atoms with van der Waals surface area (Å²) in [5.74, 6) is -0.267. The molecule has 9 heteroatoms. The Kier molecular flexibility index (Phi) is 5.09. The van der Waals surface area contributed by atoms with Crippen LogP contribution in [0.1, 0.15) is 32.0 Å². The summed E-state index contributed by atoms with van der Waals surface area (Å²) >= 11 is 0. The molecule has 2 aliphatic rings. The van der Waals surface area contributed by atoms with Crippen LogP contribution in [0.5, 0.6) is 0 Å². The van der Waals surface area contributed by atoms with Gasteiger partial charge in [-0.1, -0.05) is 57.2 Å². The highest BCUT2D eigenvalue weighted by molar-refractivity contribution is 7.92. The minimum absolute atomic E-state index is 0.0759. The maximum absolute atomic E-state index is 13.1. The summed E-state index contributed by atoms with van der Waals surface area (Å²) in [7, 11) is -3.85. The maximum atomic E-state index is 13.1. The van der Waals surface area contributed by atoms with Gasteiger partial charge >= 0.3 is 0 Å². The van der Waals surface area contributed by atoms with Crippen LogP contribution < -0.4 is 10.1 Å². The summed E-state index contributed by atoms with van der Waals surface area (Å²) in [5.41, 5.74) is 4.09. The number of fused-ring (bicyclic) bond motifs is 1. The number of allylic oxidation sites excluding steroid dienone is 3. The number of amides is 1. The van der Waals surface area contributed by atoms with Crippen molar-refractivity contribution in [3.8, 4) is 0 Å². The number of sulfonamides is 1. The second-order valence-corrected chi connectivity index (χ2v) is 10.4. The van der Waals surface area contributed by atoms with E-state index >= 15 is 0 Å². The van der Waals surface area contributed by atoms with Crippen LogP contribution >= 0.6 is 0 Å². The average molecular weight is 440 g/mol. The molecule has 0 bridgehead atoms. The quantitative estimate of drug-likeness (QED) is 0.767. The zero-order chi connectivity index (χ0) is 22.4. The van der Waals surface area contributed by atoms with Gasteiger partial charge in [0.25, 0.3) is 10.0 Å². The fraction of sp³-hybridized carbons (Fsp3) is 0.318. The largest absolute Gasteiger partial charge is 0.272 e. The van der Waals surface area contributed by atoms with Crippen molar-refractivity contribution in [1.29, 1.82) is 0 Å². The number of aromatic nitrogens is 2. The van der Waals surface area contributed by atoms with E-state index in [9.17, 15) is 13.2 Å². The van der Waals surface area contributed by atoms with E-state index in [4.69, 9.17) is 0 Å². The number of nitrogens with zero attached hydrogens (tertiary/aromatic N) is 3. The molecule has 1 aliphatic heterocycles. The molecule has 1 aromatic heterocycles. The van der Waals surface area contributed by atoms with Crippen molar-refractivity contribution in [3.05, 3.63) is 65.9 Å². The summed E-state index contributed by atoms with van der Waals surface area (Å²) in [6.07, 6.45) is 7.31. The number of hydrazone groups is 1. The normalized spacial score (nSPS) is 20.8. The van der Waals surface area contributed by atoms with Crippen LogP contribution in [-0.4, -0.2) is 29.9 Å². The van der Waals surface area contributed by atoms with Gasteiger partial charge in [-0.15, -0.1) is 0 Å². The molecule has 1 aromatic carbocycles. The summed E-state index contributed by atoms with van der Waals surface area (Å²) in [6.45, 7) is 7.98. The lowest BCUT2D eigenvalue weighted by Gasteiger charge is -2.28. The number of aryl methyl sites for hydroxylation is 1. The van der Waals surface area contributed by atoms with Crippen LogP contribution in [0.4, 0.5) is 5.82 Å². The van der Waals surface area contributed by atoms with E-state index in [1.807, 2.05) is 30.4 Å². The van der Waals surface area contributed by atoms with E-state index < -0.39 is 15.9 Å². The number of benzene rings is 1. The smallest absolute Gasteiger partial charge is 0.263 e. The number of carbonyl (C=O) groups is 1. The number of hydrogen-bond donors (Lipinski definition) is 2. The predicted octanol–water partition coefficient (Wildman–Crippen LogP) is 2.94. The molecule has 2 aromatic rings. The molecule has 2 heterocycles. The highest BCUT2D eigenvalue weighted by atomic mass is 32.2. The minimum atomic E-state index is -3.85. The Balaban J connectivity index is 1.67. The lowest BCUT2D eigenvalue weighted by molar-refractivity contribution is -0.124. The molecule has 2 atom stereocenters. The predicted molar refractivity (Wildman–Crippen MR) is 119 cm³/mol. The van der Waals surface area contributed by atoms with E-state index in [1.165, 1.54) is 4.68 Å². The van der Waals surface area contributed by atoms with Crippen molar-refractivity contribution in [3.63, 3.8) is 0 Å². The average Bonchev–Trinajstić information content (AvgIpc) is 3.07. The van der Waals surface area contributed by atoms with Gasteiger partial charge in [-0.3, -0.25) is 9.52 Å². The summed E-state index contributed by atoms with van der Waals surface area (Å²) in [5, 5.41) is 8.60. The third-order valence-electron chi connectivity index (χ3n) is 5.33. The third-order valence-corrected chi connectivity index (χ3v) is 6.71. The second kappa shape index (κ2) is 7.49. The molecule has 0 fully saturated rings. The Morgan fingerprint density at radius 3 is 2.35 bits per heavy atom. The molecule has 0 spiro atoms. The number of rotatable bonds is 3. The Hall–Kier alpha value is -3.20. The SMILES string of the molecule is Cc1cc(NS(=O)(=O)c2ccc(C(C)(C)C)cc2)n(C2=NNC(=O)C3C=CC=CC23)n1. The molecule has 31 heavy (non-hydrogen) atoms. The van der Waals surface area contributed by atoms with E-state index in [0.717, 1.165) is 5.56 Å². The molecule has 8 nitrogen and oxygen atoms in total. The maximum Gasteiger partial charge on any atom is 0.263 e. The first kappa shape index (κ1) is 21.0. The first-order valence-corrected chi connectivity index (χ1v) is 11.5. The van der Waals surface area contributed by atoms with Crippen LogP contribution in [0.2, 0.25) is 0 Å². The molecule has 0 saturated carbocycles. The van der Waals surface area contributed by atoms with E-state index in [2.05, 4.69) is 41.1 Å². The first-order valence-electron chi connectivity index (χ1n) is 9.99. The van der Waals surface area contributed by atoms with Crippen LogP contribution in [0.3, 0.4) is 0 Å². The fourth-order valence-corrected chi connectivity index (χ4v) is 4.66. The molecule has 2 unspecified atom stereocenters. The summed E-state index contributed by atoms with van der Waals surface area (Å²) in [4.78, 5) is 12.3. The minimum Gasteiger partial charge on any atom is -0.272 e. The van der Waals surface area contributed by atoms with Gasteiger partial charge in [0.2, 0.25) is 5.91 Å². The van der Waals surface area contributed by atoms with Crippen LogP contribution in [0, 0.1) is 18.8 Å². The number of carbonyl (C=O) groups excluding carboxylic acids is 1. The van der Waals surface area contributed by atoms with Crippen LogP contribution in [0.25, 0.3) is 0 Å².